The summed E-state index contributed by atoms with van der Waals surface area (Å²) in [5.74, 6) is 0. The summed E-state index contributed by atoms with van der Waals surface area (Å²) in [6.07, 6.45) is 0. The maximum atomic E-state index is 8.67. The molecule has 1 aromatic rings. The van der Waals surface area contributed by atoms with Crippen LogP contribution in [0.25, 0.3) is 0 Å². The predicted octanol–water partition coefficient (Wildman–Crippen LogP) is 2.05. The lowest BCUT2D eigenvalue weighted by Gasteiger charge is -2.00. The fraction of sp³-hybridized carbons (Fsp3) is 0.200. The fourth-order valence-electron chi connectivity index (χ4n) is 1.09. The zero-order valence-electron chi connectivity index (χ0n) is 7.05. The van der Waals surface area contributed by atoms with Crippen molar-refractivity contribution in [2.45, 2.75) is 13.8 Å². The summed E-state index contributed by atoms with van der Waals surface area (Å²) >= 11 is 0. The average molecular weight is 156 g/mol. The number of aryl methyl sites for hydroxylation is 2. The van der Waals surface area contributed by atoms with Crippen molar-refractivity contribution in [2.24, 2.45) is 0 Å². The van der Waals surface area contributed by atoms with E-state index < -0.39 is 0 Å². The molecule has 1 rings (SSSR count). The van der Waals surface area contributed by atoms with E-state index in [1.54, 1.807) is 6.07 Å². The van der Waals surface area contributed by atoms with Crippen molar-refractivity contribution in [3.8, 4) is 12.1 Å². The Morgan fingerprint density at radius 3 is 1.67 bits per heavy atom. The molecule has 0 aliphatic heterocycles. The van der Waals surface area contributed by atoms with Crippen LogP contribution < -0.4 is 0 Å². The van der Waals surface area contributed by atoms with Gasteiger partial charge in [0.05, 0.1) is 23.3 Å². The first-order valence-corrected chi connectivity index (χ1v) is 3.60. The van der Waals surface area contributed by atoms with Gasteiger partial charge < -0.3 is 0 Å². The molecule has 0 spiro atoms. The number of hydrogen-bond acceptors (Lipinski definition) is 2. The second kappa shape index (κ2) is 3.07. The van der Waals surface area contributed by atoms with Crippen molar-refractivity contribution in [1.29, 1.82) is 10.5 Å². The van der Waals surface area contributed by atoms with Gasteiger partial charge >= 0.3 is 0 Å². The van der Waals surface area contributed by atoms with E-state index >= 15 is 0 Å². The van der Waals surface area contributed by atoms with E-state index in [2.05, 4.69) is 0 Å². The number of nitrogens with zero attached hydrogens (tertiary/aromatic N) is 2. The Morgan fingerprint density at radius 2 is 1.33 bits per heavy atom. The van der Waals surface area contributed by atoms with Crippen LogP contribution in [0, 0.1) is 36.5 Å². The topological polar surface area (TPSA) is 47.6 Å². The Balaban J connectivity index is 3.42. The lowest BCUT2D eigenvalue weighted by molar-refractivity contribution is 1.31. The van der Waals surface area contributed by atoms with E-state index in [-0.39, 0.29) is 0 Å². The summed E-state index contributed by atoms with van der Waals surface area (Å²) in [4.78, 5) is 0. The molecule has 2 nitrogen and oxygen atoms in total. The lowest BCUT2D eigenvalue weighted by Crippen LogP contribution is -1.88. The molecule has 0 aliphatic rings. The molecule has 0 saturated heterocycles. The Bertz CT molecular complexity index is 356. The lowest BCUT2D eigenvalue weighted by atomic mass is 10.0. The van der Waals surface area contributed by atoms with Gasteiger partial charge in [0.1, 0.15) is 0 Å². The van der Waals surface area contributed by atoms with Gasteiger partial charge in [-0.2, -0.15) is 10.5 Å². The Morgan fingerprint density at radius 1 is 0.917 bits per heavy atom. The van der Waals surface area contributed by atoms with Crippen molar-refractivity contribution in [3.63, 3.8) is 0 Å². The van der Waals surface area contributed by atoms with Crippen LogP contribution in [-0.2, 0) is 0 Å². The van der Waals surface area contributed by atoms with Crippen LogP contribution in [0.5, 0.6) is 0 Å². The van der Waals surface area contributed by atoms with Gasteiger partial charge in [-0.3, -0.25) is 0 Å². The summed E-state index contributed by atoms with van der Waals surface area (Å²) in [5.41, 5.74) is 3.01. The minimum absolute atomic E-state index is 0.581. The van der Waals surface area contributed by atoms with E-state index in [0.29, 0.717) is 11.1 Å². The van der Waals surface area contributed by atoms with Gasteiger partial charge in [-0.1, -0.05) is 6.07 Å². The first-order valence-electron chi connectivity index (χ1n) is 3.60. The molecular formula is C10H8N2. The monoisotopic (exact) mass is 156 g/mol. The van der Waals surface area contributed by atoms with Gasteiger partial charge in [0.2, 0.25) is 0 Å². The fourth-order valence-corrected chi connectivity index (χ4v) is 1.09. The second-order valence-corrected chi connectivity index (χ2v) is 2.71. The molecule has 0 amide bonds. The molecule has 0 heterocycles. The van der Waals surface area contributed by atoms with Crippen LogP contribution in [0.2, 0.25) is 0 Å². The normalized spacial score (nSPS) is 8.67. The Hall–Kier alpha value is -1.80. The van der Waals surface area contributed by atoms with Crippen molar-refractivity contribution < 1.29 is 0 Å². The highest BCUT2D eigenvalue weighted by Crippen LogP contribution is 2.13. The summed E-state index contributed by atoms with van der Waals surface area (Å²) in [6.45, 7) is 3.74. The molecule has 0 radical (unpaired) electrons. The molecular weight excluding hydrogens is 148 g/mol. The molecule has 0 aromatic heterocycles. The van der Waals surface area contributed by atoms with Gasteiger partial charge in [0.25, 0.3) is 0 Å². The van der Waals surface area contributed by atoms with E-state index in [1.807, 2.05) is 32.1 Å². The van der Waals surface area contributed by atoms with Crippen LogP contribution >= 0.6 is 0 Å². The molecule has 0 unspecified atom stereocenters. The molecule has 0 bridgehead atoms. The van der Waals surface area contributed by atoms with Crippen LogP contribution in [0.15, 0.2) is 12.1 Å². The Labute approximate surface area is 71.7 Å². The molecule has 0 atom stereocenters. The van der Waals surface area contributed by atoms with E-state index in [0.717, 1.165) is 11.1 Å². The largest absolute Gasteiger partial charge is 0.192 e. The number of benzene rings is 1. The third-order valence-corrected chi connectivity index (χ3v) is 1.81. The summed E-state index contributed by atoms with van der Waals surface area (Å²) < 4.78 is 0. The first-order chi connectivity index (χ1) is 5.69. The van der Waals surface area contributed by atoms with Crippen LogP contribution in [0.4, 0.5) is 0 Å². The minimum Gasteiger partial charge on any atom is -0.192 e. The smallest absolute Gasteiger partial charge is 0.0994 e. The molecule has 0 fully saturated rings. The molecule has 2 heteroatoms. The highest BCUT2D eigenvalue weighted by atomic mass is 14.3. The maximum absolute atomic E-state index is 8.67. The van der Waals surface area contributed by atoms with Crippen LogP contribution in [-0.4, -0.2) is 0 Å². The number of nitriles is 2. The quantitative estimate of drug-likeness (QED) is 0.577. The molecule has 0 saturated carbocycles. The van der Waals surface area contributed by atoms with Gasteiger partial charge in [-0.15, -0.1) is 0 Å². The average Bonchev–Trinajstić information content (AvgIpc) is 2.05. The molecule has 0 aliphatic carbocycles. The second-order valence-electron chi connectivity index (χ2n) is 2.71. The van der Waals surface area contributed by atoms with Crippen molar-refractivity contribution in [3.05, 3.63) is 34.4 Å². The minimum atomic E-state index is 0.581. The van der Waals surface area contributed by atoms with E-state index in [1.165, 1.54) is 0 Å². The van der Waals surface area contributed by atoms with Gasteiger partial charge in [0, 0.05) is 0 Å². The van der Waals surface area contributed by atoms with Crippen molar-refractivity contribution in [1.82, 2.24) is 0 Å². The maximum Gasteiger partial charge on any atom is 0.0994 e. The molecule has 1 aromatic carbocycles. The van der Waals surface area contributed by atoms with Crippen LogP contribution in [0.3, 0.4) is 0 Å². The molecule has 12 heavy (non-hydrogen) atoms. The number of rotatable bonds is 0. The predicted molar refractivity (Wildman–Crippen MR) is 45.3 cm³/mol. The first kappa shape index (κ1) is 8.30. The van der Waals surface area contributed by atoms with Crippen molar-refractivity contribution >= 4 is 0 Å². The standard InChI is InChI=1S/C10H8N2/c1-7-3-8(2)10(6-12)4-9(7)5-11/h3-4H,1-2H3. The number of hydrogen-bond donors (Lipinski definition) is 0. The third-order valence-electron chi connectivity index (χ3n) is 1.81. The highest BCUT2D eigenvalue weighted by Gasteiger charge is 2.02. The molecule has 58 valence electrons. The van der Waals surface area contributed by atoms with Crippen LogP contribution in [0.1, 0.15) is 22.3 Å². The summed E-state index contributed by atoms with van der Waals surface area (Å²) in [6, 6.07) is 7.58. The van der Waals surface area contributed by atoms with Crippen molar-refractivity contribution in [2.75, 3.05) is 0 Å². The zero-order chi connectivity index (χ0) is 9.14. The SMILES string of the molecule is Cc1cc(C)c(C#N)cc1C#N. The van der Waals surface area contributed by atoms with E-state index in [9.17, 15) is 0 Å². The van der Waals surface area contributed by atoms with Gasteiger partial charge in [-0.05, 0) is 31.0 Å². The zero-order valence-corrected chi connectivity index (χ0v) is 7.05. The van der Waals surface area contributed by atoms with E-state index in [4.69, 9.17) is 10.5 Å². The van der Waals surface area contributed by atoms with Gasteiger partial charge in [-0.25, -0.2) is 0 Å². The summed E-state index contributed by atoms with van der Waals surface area (Å²) in [5, 5.41) is 17.3. The highest BCUT2D eigenvalue weighted by molar-refractivity contribution is 5.48. The van der Waals surface area contributed by atoms with Gasteiger partial charge in [0.15, 0.2) is 0 Å². The third kappa shape index (κ3) is 1.28. The molecule has 0 N–H and O–H groups in total. The Kier molecular flexibility index (Phi) is 2.12. The summed E-state index contributed by atoms with van der Waals surface area (Å²) in [7, 11) is 0.